The first-order chi connectivity index (χ1) is 12.3. The highest BCUT2D eigenvalue weighted by atomic mass is 19.3. The van der Waals surface area contributed by atoms with E-state index < -0.39 is 18.2 Å². The molecule has 0 bridgehead atoms. The van der Waals surface area contributed by atoms with E-state index in [0.29, 0.717) is 18.7 Å². The fraction of sp³-hybridized carbons (Fsp3) is 0.278. The van der Waals surface area contributed by atoms with Crippen molar-refractivity contribution in [2.24, 2.45) is 0 Å². The molecule has 0 aliphatic rings. The molecule has 4 nitrogen and oxygen atoms in total. The average molecular weight is 370 g/mol. The fourth-order valence-electron chi connectivity index (χ4n) is 2.27. The smallest absolute Gasteiger partial charge is 0.387 e. The summed E-state index contributed by atoms with van der Waals surface area (Å²) in [4.78, 5) is 13.4. The van der Waals surface area contributed by atoms with Crippen molar-refractivity contribution in [1.82, 2.24) is 5.32 Å². The highest BCUT2D eigenvalue weighted by Gasteiger charge is 2.10. The van der Waals surface area contributed by atoms with Crippen LogP contribution < -0.4 is 15.0 Å². The van der Waals surface area contributed by atoms with Crippen LogP contribution >= 0.6 is 0 Å². The summed E-state index contributed by atoms with van der Waals surface area (Å²) in [5, 5.41) is 2.70. The van der Waals surface area contributed by atoms with Gasteiger partial charge in [-0.2, -0.15) is 8.78 Å². The lowest BCUT2D eigenvalue weighted by molar-refractivity contribution is -0.119. The van der Waals surface area contributed by atoms with Gasteiger partial charge in [-0.25, -0.2) is 8.78 Å². The van der Waals surface area contributed by atoms with Crippen LogP contribution in [0.25, 0.3) is 0 Å². The van der Waals surface area contributed by atoms with E-state index in [1.54, 1.807) is 19.2 Å². The molecule has 2 rings (SSSR count). The number of benzene rings is 2. The maximum absolute atomic E-state index is 13.2. The lowest BCUT2D eigenvalue weighted by Crippen LogP contribution is -2.36. The number of amides is 1. The molecular weight excluding hydrogens is 352 g/mol. The van der Waals surface area contributed by atoms with E-state index in [0.717, 1.165) is 17.7 Å². The van der Waals surface area contributed by atoms with Gasteiger partial charge < -0.3 is 15.0 Å². The highest BCUT2D eigenvalue weighted by molar-refractivity contribution is 5.81. The molecule has 0 atom stereocenters. The Hall–Kier alpha value is -2.77. The molecule has 2 aromatic carbocycles. The van der Waals surface area contributed by atoms with Crippen molar-refractivity contribution in [1.29, 1.82) is 0 Å². The molecule has 0 heterocycles. The number of nitrogens with one attached hydrogen (secondary N) is 1. The number of likely N-dealkylation sites (N-methyl/N-ethyl adjacent to an activating group) is 1. The molecule has 0 saturated carbocycles. The predicted molar refractivity (Wildman–Crippen MR) is 89.4 cm³/mol. The van der Waals surface area contributed by atoms with E-state index >= 15 is 0 Å². The first-order valence-corrected chi connectivity index (χ1v) is 7.82. The SMILES string of the molecule is CN(CC(=O)NCCc1ccc(OC(F)F)cc1)c1ccc(F)c(F)c1. The number of hydrogen-bond donors (Lipinski definition) is 1. The second kappa shape index (κ2) is 9.07. The molecule has 0 aliphatic carbocycles. The Kier molecular flexibility index (Phi) is 6.82. The van der Waals surface area contributed by atoms with Crippen molar-refractivity contribution in [2.75, 3.05) is 25.0 Å². The van der Waals surface area contributed by atoms with Crippen molar-refractivity contribution in [3.8, 4) is 5.75 Å². The molecule has 1 amide bonds. The number of carbonyl (C=O) groups excluding carboxylic acids is 1. The standard InChI is InChI=1S/C18H18F4N2O2/c1-24(13-4-7-15(19)16(20)10-13)11-17(25)23-9-8-12-2-5-14(6-3-12)26-18(21)22/h2-7,10,18H,8-9,11H2,1H3,(H,23,25). The number of carbonyl (C=O) groups is 1. The quantitative estimate of drug-likeness (QED) is 0.725. The van der Waals surface area contributed by atoms with Crippen LogP contribution in [0.5, 0.6) is 5.75 Å². The largest absolute Gasteiger partial charge is 0.435 e. The predicted octanol–water partition coefficient (Wildman–Crippen LogP) is 3.36. The van der Waals surface area contributed by atoms with Gasteiger partial charge >= 0.3 is 6.61 Å². The van der Waals surface area contributed by atoms with E-state index in [1.807, 2.05) is 0 Å². The zero-order valence-corrected chi connectivity index (χ0v) is 14.0. The molecule has 26 heavy (non-hydrogen) atoms. The number of anilines is 1. The van der Waals surface area contributed by atoms with E-state index in [1.165, 1.54) is 23.1 Å². The molecule has 1 N–H and O–H groups in total. The van der Waals surface area contributed by atoms with Crippen LogP contribution in [0.4, 0.5) is 23.2 Å². The first kappa shape index (κ1) is 19.6. The Morgan fingerprint density at radius 1 is 1.12 bits per heavy atom. The lowest BCUT2D eigenvalue weighted by Gasteiger charge is -2.19. The van der Waals surface area contributed by atoms with Crippen LogP contribution in [-0.2, 0) is 11.2 Å². The topological polar surface area (TPSA) is 41.6 Å². The molecule has 0 aromatic heterocycles. The van der Waals surface area contributed by atoms with E-state index in [4.69, 9.17) is 0 Å². The maximum atomic E-state index is 13.2. The third kappa shape index (κ3) is 5.94. The number of alkyl halides is 2. The van der Waals surface area contributed by atoms with Crippen LogP contribution in [0.2, 0.25) is 0 Å². The molecular formula is C18H18F4N2O2. The molecule has 0 aliphatic heterocycles. The van der Waals surface area contributed by atoms with E-state index in [2.05, 4.69) is 10.1 Å². The van der Waals surface area contributed by atoms with Gasteiger partial charge in [-0.1, -0.05) is 12.1 Å². The minimum Gasteiger partial charge on any atom is -0.435 e. The van der Waals surface area contributed by atoms with Crippen LogP contribution in [0.15, 0.2) is 42.5 Å². The van der Waals surface area contributed by atoms with Gasteiger partial charge in [0.1, 0.15) is 5.75 Å². The molecule has 2 aromatic rings. The number of rotatable bonds is 8. The maximum Gasteiger partial charge on any atom is 0.387 e. The van der Waals surface area contributed by atoms with Crippen LogP contribution in [0.3, 0.4) is 0 Å². The Labute approximate surface area is 148 Å². The van der Waals surface area contributed by atoms with Gasteiger partial charge in [-0.15, -0.1) is 0 Å². The van der Waals surface area contributed by atoms with Crippen LogP contribution in [0, 0.1) is 11.6 Å². The minimum absolute atomic E-state index is 0.0216. The van der Waals surface area contributed by atoms with Gasteiger partial charge in [0.15, 0.2) is 11.6 Å². The van der Waals surface area contributed by atoms with Crippen molar-refractivity contribution >= 4 is 11.6 Å². The van der Waals surface area contributed by atoms with Gasteiger partial charge in [0.2, 0.25) is 5.91 Å². The van der Waals surface area contributed by atoms with Crippen molar-refractivity contribution in [3.63, 3.8) is 0 Å². The number of halogens is 4. The second-order valence-electron chi connectivity index (χ2n) is 5.58. The molecule has 140 valence electrons. The molecule has 0 radical (unpaired) electrons. The Morgan fingerprint density at radius 3 is 2.42 bits per heavy atom. The molecule has 8 heteroatoms. The third-order valence-corrected chi connectivity index (χ3v) is 3.61. The van der Waals surface area contributed by atoms with Crippen molar-refractivity contribution < 1.29 is 27.1 Å². The Bertz CT molecular complexity index is 738. The zero-order valence-electron chi connectivity index (χ0n) is 14.0. The molecule has 0 saturated heterocycles. The van der Waals surface area contributed by atoms with Crippen LogP contribution in [-0.4, -0.2) is 32.7 Å². The van der Waals surface area contributed by atoms with Gasteiger partial charge in [-0.3, -0.25) is 4.79 Å². The normalized spacial score (nSPS) is 10.7. The number of ether oxygens (including phenoxy) is 1. The second-order valence-corrected chi connectivity index (χ2v) is 5.58. The van der Waals surface area contributed by atoms with Crippen LogP contribution in [0.1, 0.15) is 5.56 Å². The minimum atomic E-state index is -2.87. The lowest BCUT2D eigenvalue weighted by atomic mass is 10.1. The van der Waals surface area contributed by atoms with Crippen molar-refractivity contribution in [2.45, 2.75) is 13.0 Å². The van der Waals surface area contributed by atoms with Gasteiger partial charge in [0.05, 0.1) is 6.54 Å². The van der Waals surface area contributed by atoms with Gasteiger partial charge in [-0.05, 0) is 36.2 Å². The van der Waals surface area contributed by atoms with E-state index in [-0.39, 0.29) is 18.2 Å². The molecule has 0 spiro atoms. The zero-order chi connectivity index (χ0) is 19.1. The summed E-state index contributed by atoms with van der Waals surface area (Å²) in [5.74, 6) is -2.14. The summed E-state index contributed by atoms with van der Waals surface area (Å²) in [5.41, 5.74) is 1.23. The number of hydrogen-bond acceptors (Lipinski definition) is 3. The fourth-order valence-corrected chi connectivity index (χ4v) is 2.27. The highest BCUT2D eigenvalue weighted by Crippen LogP contribution is 2.17. The van der Waals surface area contributed by atoms with Gasteiger partial charge in [0.25, 0.3) is 0 Å². The number of nitrogens with zero attached hydrogens (tertiary/aromatic N) is 1. The van der Waals surface area contributed by atoms with E-state index in [9.17, 15) is 22.4 Å². The summed E-state index contributed by atoms with van der Waals surface area (Å²) >= 11 is 0. The monoisotopic (exact) mass is 370 g/mol. The Balaban J connectivity index is 1.76. The summed E-state index contributed by atoms with van der Waals surface area (Å²) in [6.45, 7) is -2.54. The van der Waals surface area contributed by atoms with Crippen molar-refractivity contribution in [3.05, 3.63) is 59.7 Å². The first-order valence-electron chi connectivity index (χ1n) is 7.82. The summed E-state index contributed by atoms with van der Waals surface area (Å²) in [7, 11) is 1.59. The molecule has 0 fully saturated rings. The average Bonchev–Trinajstić information content (AvgIpc) is 2.58. The van der Waals surface area contributed by atoms with Gasteiger partial charge in [0, 0.05) is 25.3 Å². The summed E-state index contributed by atoms with van der Waals surface area (Å²) < 4.78 is 54.5. The third-order valence-electron chi connectivity index (χ3n) is 3.61. The summed E-state index contributed by atoms with van der Waals surface area (Å²) in [6, 6.07) is 9.54. The Morgan fingerprint density at radius 2 is 1.81 bits per heavy atom. The molecule has 0 unspecified atom stereocenters. The summed E-state index contributed by atoms with van der Waals surface area (Å²) in [6.07, 6.45) is 0.510.